The maximum atomic E-state index is 12.6. The second-order valence-electron chi connectivity index (χ2n) is 3.80. The quantitative estimate of drug-likeness (QED) is 0.795. The number of rotatable bonds is 1. The van der Waals surface area contributed by atoms with Crippen LogP contribution in [0.15, 0.2) is 23.4 Å². The van der Waals surface area contributed by atoms with Gasteiger partial charge in [0.15, 0.2) is 5.09 Å². The lowest BCUT2D eigenvalue weighted by atomic mass is 10.2. The second kappa shape index (κ2) is 4.76. The maximum Gasteiger partial charge on any atom is 0.433 e. The van der Waals surface area contributed by atoms with Gasteiger partial charge in [-0.25, -0.2) is 4.98 Å². The number of halogens is 6. The molecule has 0 atom stereocenters. The van der Waals surface area contributed by atoms with Gasteiger partial charge in [0.25, 0.3) is 0 Å². The highest BCUT2D eigenvalue weighted by atomic mass is 32.2. The zero-order valence-corrected chi connectivity index (χ0v) is 10.3. The molecule has 20 heavy (non-hydrogen) atoms. The third-order valence-electron chi connectivity index (χ3n) is 2.34. The topological polar surface area (TPSA) is 36.4 Å². The molecule has 1 aromatic heterocycles. The van der Waals surface area contributed by atoms with E-state index in [4.69, 9.17) is 5.11 Å². The van der Waals surface area contributed by atoms with Crippen LogP contribution in [0, 0.1) is 0 Å². The van der Waals surface area contributed by atoms with Crippen LogP contribution in [-0.2, 0) is 12.4 Å². The zero-order valence-electron chi connectivity index (χ0n) is 9.46. The van der Waals surface area contributed by atoms with Crippen molar-refractivity contribution in [3.05, 3.63) is 34.8 Å². The number of nitrogens with zero attached hydrogens (tertiary/aromatic N) is 2. The van der Waals surface area contributed by atoms with Gasteiger partial charge < -0.3 is 10.0 Å². The molecule has 0 radical (unpaired) electrons. The van der Waals surface area contributed by atoms with E-state index in [0.717, 1.165) is 22.9 Å². The third kappa shape index (κ3) is 3.11. The van der Waals surface area contributed by atoms with Gasteiger partial charge in [-0.2, -0.15) is 26.3 Å². The predicted octanol–water partition coefficient (Wildman–Crippen LogP) is 3.99. The van der Waals surface area contributed by atoms with Crippen molar-refractivity contribution in [3.63, 3.8) is 0 Å². The van der Waals surface area contributed by atoms with Crippen molar-refractivity contribution in [2.45, 2.75) is 12.4 Å². The molecule has 0 spiro atoms. The highest BCUT2D eigenvalue weighted by molar-refractivity contribution is 8.03. The molecule has 3 nitrogen and oxygen atoms in total. The zero-order chi connectivity index (χ0) is 15.1. The summed E-state index contributed by atoms with van der Waals surface area (Å²) in [5.74, 6) is 0.0183. The van der Waals surface area contributed by atoms with E-state index in [-0.39, 0.29) is 16.7 Å². The SMILES string of the molecule is OC1=CN(c2cc(C(F)(F)F)nc(C(F)(F)F)c2)CS1. The average Bonchev–Trinajstić information content (AvgIpc) is 2.73. The molecule has 10 heteroatoms. The fraction of sp³-hybridized carbons (Fsp3) is 0.300. The molecule has 1 aliphatic rings. The van der Waals surface area contributed by atoms with Gasteiger partial charge >= 0.3 is 12.4 Å². The molecule has 0 bridgehead atoms. The van der Waals surface area contributed by atoms with Crippen molar-refractivity contribution in [3.8, 4) is 0 Å². The standard InChI is InChI=1S/C10H6F6N2OS/c11-9(12,13)6-1-5(18-3-8(19)20-4-18)2-7(17-6)10(14,15)16/h1-3,19H,4H2. The summed E-state index contributed by atoms with van der Waals surface area (Å²) in [7, 11) is 0. The number of alkyl halides is 6. The van der Waals surface area contributed by atoms with Gasteiger partial charge in [0.05, 0.1) is 12.1 Å². The first-order valence-electron chi connectivity index (χ1n) is 5.04. The molecular weight excluding hydrogens is 310 g/mol. The number of thioether (sulfide) groups is 1. The Morgan fingerprint density at radius 3 is 1.90 bits per heavy atom. The molecule has 0 aliphatic carbocycles. The van der Waals surface area contributed by atoms with E-state index in [2.05, 4.69) is 4.98 Å². The van der Waals surface area contributed by atoms with Crippen molar-refractivity contribution in [1.82, 2.24) is 4.98 Å². The van der Waals surface area contributed by atoms with E-state index in [1.54, 1.807) is 0 Å². The van der Waals surface area contributed by atoms with Gasteiger partial charge in [-0.15, -0.1) is 0 Å². The minimum Gasteiger partial charge on any atom is -0.501 e. The van der Waals surface area contributed by atoms with Gasteiger partial charge in [-0.3, -0.25) is 0 Å². The van der Waals surface area contributed by atoms with Crippen LogP contribution in [-0.4, -0.2) is 16.0 Å². The third-order valence-corrected chi connectivity index (χ3v) is 3.15. The summed E-state index contributed by atoms with van der Waals surface area (Å²) >= 11 is 0.887. The Morgan fingerprint density at radius 1 is 1.05 bits per heavy atom. The highest BCUT2D eigenvalue weighted by Crippen LogP contribution is 2.37. The van der Waals surface area contributed by atoms with Gasteiger partial charge in [-0.1, -0.05) is 11.8 Å². The summed E-state index contributed by atoms with van der Waals surface area (Å²) in [6.07, 6.45) is -8.93. The van der Waals surface area contributed by atoms with Crippen LogP contribution in [0.25, 0.3) is 0 Å². The molecule has 2 heterocycles. The summed E-state index contributed by atoms with van der Waals surface area (Å²) in [6, 6.07) is 1.01. The Bertz CT molecular complexity index is 521. The molecule has 110 valence electrons. The number of pyridine rings is 1. The molecule has 1 N–H and O–H groups in total. The lowest BCUT2D eigenvalue weighted by Gasteiger charge is -2.18. The number of anilines is 1. The molecule has 1 aromatic rings. The Morgan fingerprint density at radius 2 is 1.55 bits per heavy atom. The summed E-state index contributed by atoms with van der Waals surface area (Å²) in [5.41, 5.74) is -3.60. The van der Waals surface area contributed by atoms with E-state index in [0.29, 0.717) is 12.1 Å². The predicted molar refractivity (Wildman–Crippen MR) is 59.9 cm³/mol. The molecule has 0 saturated carbocycles. The van der Waals surface area contributed by atoms with Crippen LogP contribution >= 0.6 is 11.8 Å². The van der Waals surface area contributed by atoms with E-state index in [1.165, 1.54) is 0 Å². The fourth-order valence-corrected chi connectivity index (χ4v) is 2.16. The van der Waals surface area contributed by atoms with Crippen molar-refractivity contribution in [1.29, 1.82) is 0 Å². The van der Waals surface area contributed by atoms with Crippen molar-refractivity contribution < 1.29 is 31.4 Å². The van der Waals surface area contributed by atoms with Crippen molar-refractivity contribution in [2.75, 3.05) is 10.8 Å². The van der Waals surface area contributed by atoms with Crippen molar-refractivity contribution >= 4 is 17.4 Å². The average molecular weight is 316 g/mol. The van der Waals surface area contributed by atoms with E-state index in [9.17, 15) is 26.3 Å². The first-order chi connectivity index (χ1) is 9.07. The van der Waals surface area contributed by atoms with Crippen LogP contribution in [0.2, 0.25) is 0 Å². The minimum absolute atomic E-state index is 0.0183. The lowest BCUT2D eigenvalue weighted by molar-refractivity contribution is -0.150. The summed E-state index contributed by atoms with van der Waals surface area (Å²) < 4.78 is 75.5. The Hall–Kier alpha value is -1.58. The molecule has 0 saturated heterocycles. The normalized spacial score (nSPS) is 16.5. The fourth-order valence-electron chi connectivity index (χ4n) is 1.46. The smallest absolute Gasteiger partial charge is 0.433 e. The van der Waals surface area contributed by atoms with Gasteiger partial charge in [0, 0.05) is 5.69 Å². The van der Waals surface area contributed by atoms with Crippen LogP contribution in [0.4, 0.5) is 32.0 Å². The number of hydrogen-bond donors (Lipinski definition) is 1. The molecule has 1 aliphatic heterocycles. The van der Waals surface area contributed by atoms with E-state index in [1.807, 2.05) is 0 Å². The van der Waals surface area contributed by atoms with Gasteiger partial charge in [-0.05, 0) is 12.1 Å². The molecular formula is C10H6F6N2OS. The van der Waals surface area contributed by atoms with E-state index < -0.39 is 23.7 Å². The largest absolute Gasteiger partial charge is 0.501 e. The Balaban J connectivity index is 2.52. The Kier molecular flexibility index (Phi) is 3.53. The van der Waals surface area contributed by atoms with E-state index >= 15 is 0 Å². The molecule has 0 unspecified atom stereocenters. The summed E-state index contributed by atoms with van der Waals surface area (Å²) in [6.45, 7) is 0. The van der Waals surface area contributed by atoms with Crippen molar-refractivity contribution in [2.24, 2.45) is 0 Å². The number of aliphatic hydroxyl groups excluding tert-OH is 1. The first kappa shape index (κ1) is 14.8. The van der Waals surface area contributed by atoms with Gasteiger partial charge in [0.1, 0.15) is 11.4 Å². The number of hydrogen-bond acceptors (Lipinski definition) is 4. The number of aromatic nitrogens is 1. The minimum atomic E-state index is -4.99. The molecule has 0 fully saturated rings. The number of aliphatic hydroxyl groups is 1. The van der Waals surface area contributed by atoms with Crippen LogP contribution < -0.4 is 4.90 Å². The van der Waals surface area contributed by atoms with Crippen LogP contribution in [0.5, 0.6) is 0 Å². The first-order valence-corrected chi connectivity index (χ1v) is 6.02. The maximum absolute atomic E-state index is 12.6. The monoisotopic (exact) mass is 316 g/mol. The van der Waals surface area contributed by atoms with Crippen LogP contribution in [0.3, 0.4) is 0 Å². The Labute approximate surface area is 112 Å². The highest BCUT2D eigenvalue weighted by Gasteiger charge is 2.39. The summed E-state index contributed by atoms with van der Waals surface area (Å²) in [5, 5.41) is 8.95. The molecule has 2 rings (SSSR count). The lowest BCUT2D eigenvalue weighted by Crippen LogP contribution is -2.18. The summed E-state index contributed by atoms with van der Waals surface area (Å²) in [4.78, 5) is 3.68. The van der Waals surface area contributed by atoms with Gasteiger partial charge in [0.2, 0.25) is 0 Å². The molecule has 0 aromatic carbocycles. The van der Waals surface area contributed by atoms with Crippen LogP contribution in [0.1, 0.15) is 11.4 Å². The second-order valence-corrected chi connectivity index (χ2v) is 4.77. The molecule has 0 amide bonds.